The Hall–Kier alpha value is -3.86. The molecule has 7 heteroatoms. The molecule has 0 radical (unpaired) electrons. The van der Waals surface area contributed by atoms with Crippen molar-refractivity contribution in [3.05, 3.63) is 82.3 Å². The minimum Gasteiger partial charge on any atom is -0.326 e. The number of pyridine rings is 1. The van der Waals surface area contributed by atoms with Crippen molar-refractivity contribution >= 4 is 17.9 Å². The number of benzene rings is 2. The summed E-state index contributed by atoms with van der Waals surface area (Å²) < 4.78 is 13.2. The number of halogens is 1. The van der Waals surface area contributed by atoms with Crippen molar-refractivity contribution in [1.29, 1.82) is 0 Å². The summed E-state index contributed by atoms with van der Waals surface area (Å²) in [6, 6.07) is 14.3. The van der Waals surface area contributed by atoms with Gasteiger partial charge in [-0.05, 0) is 93.9 Å². The second-order valence-electron chi connectivity index (χ2n) is 9.28. The summed E-state index contributed by atoms with van der Waals surface area (Å²) in [5.74, 6) is -0.233. The minimum absolute atomic E-state index is 0. The van der Waals surface area contributed by atoms with E-state index in [1.165, 1.54) is 17.7 Å². The molecule has 1 aromatic heterocycles. The fourth-order valence-electron chi connectivity index (χ4n) is 4.18. The average Bonchev–Trinajstić information content (AvgIpc) is 3.06. The summed E-state index contributed by atoms with van der Waals surface area (Å²) in [7, 11) is 3.93. The molecular formula is C38H59FN4O2. The molecule has 1 heterocycles. The number of likely N-dealkylation sites (N-methyl/N-ethyl adjacent to an activating group) is 1. The number of carbonyl (C=O) groups is 2. The van der Waals surface area contributed by atoms with Gasteiger partial charge in [-0.1, -0.05) is 61.1 Å². The third kappa shape index (κ3) is 16.1. The van der Waals surface area contributed by atoms with E-state index < -0.39 is 0 Å². The van der Waals surface area contributed by atoms with Gasteiger partial charge in [0, 0.05) is 47.9 Å². The number of aryl methyl sites for hydroxylation is 1. The smallest absolute Gasteiger partial charge is 0.224 e. The van der Waals surface area contributed by atoms with Gasteiger partial charge >= 0.3 is 0 Å². The SMILES string of the molecule is C.C#C.CC.CC.CCC(NC)c1cc(CCNC)nc(-c2ccc(F)cc2)c1C.CCCC(=O)Nc1cc(C=O)ccc1C. The standard InChI is InChI=1S/C19H26FN3.C12H15NO2.2C2H6.C2H2.CH4/c1-5-18(22-4)17-12-16(10-11-21-3)23-19(13(17)2)14-6-8-15(20)9-7-14;1-3-4-12(15)13-11-7-10(8-14)6-5-9(11)2;3*1-2;/h6-9,12,18,21-22H,5,10-11H2,1-4H3;5-8H,3-4H2,1-2H3,(H,13,15);2*1-2H3;1-2H;1H4. The van der Waals surface area contributed by atoms with Gasteiger partial charge in [-0.2, -0.15) is 0 Å². The number of nitrogens with one attached hydrogen (secondary N) is 3. The van der Waals surface area contributed by atoms with E-state index >= 15 is 0 Å². The van der Waals surface area contributed by atoms with Crippen LogP contribution in [0.3, 0.4) is 0 Å². The van der Waals surface area contributed by atoms with Crippen LogP contribution in [0.5, 0.6) is 0 Å². The van der Waals surface area contributed by atoms with Gasteiger partial charge in [0.05, 0.1) is 5.69 Å². The number of hydrogen-bond donors (Lipinski definition) is 3. The van der Waals surface area contributed by atoms with E-state index in [9.17, 15) is 14.0 Å². The van der Waals surface area contributed by atoms with Gasteiger partial charge in [0.25, 0.3) is 0 Å². The van der Waals surface area contributed by atoms with Crippen LogP contribution in [0.2, 0.25) is 0 Å². The molecule has 2 aromatic carbocycles. The molecule has 1 amide bonds. The van der Waals surface area contributed by atoms with Gasteiger partial charge < -0.3 is 16.0 Å². The summed E-state index contributed by atoms with van der Waals surface area (Å²) in [6.45, 7) is 17.0. The summed E-state index contributed by atoms with van der Waals surface area (Å²) in [5.41, 5.74) is 7.66. The van der Waals surface area contributed by atoms with E-state index in [2.05, 4.69) is 48.7 Å². The lowest BCUT2D eigenvalue weighted by Gasteiger charge is -2.20. The number of anilines is 1. The van der Waals surface area contributed by atoms with Crippen LogP contribution >= 0.6 is 0 Å². The van der Waals surface area contributed by atoms with Crippen LogP contribution in [-0.4, -0.2) is 37.8 Å². The van der Waals surface area contributed by atoms with Gasteiger partial charge in [-0.15, -0.1) is 12.8 Å². The molecule has 0 aliphatic carbocycles. The second-order valence-corrected chi connectivity index (χ2v) is 9.28. The Bertz CT molecular complexity index is 1240. The van der Waals surface area contributed by atoms with Crippen LogP contribution in [-0.2, 0) is 11.2 Å². The number of nitrogens with zero attached hydrogens (tertiary/aromatic N) is 1. The predicted octanol–water partition coefficient (Wildman–Crippen LogP) is 9.11. The summed E-state index contributed by atoms with van der Waals surface area (Å²) >= 11 is 0. The van der Waals surface area contributed by atoms with Gasteiger partial charge in [0.2, 0.25) is 5.91 Å². The van der Waals surface area contributed by atoms with Gasteiger partial charge in [0.15, 0.2) is 0 Å². The third-order valence-electron chi connectivity index (χ3n) is 6.40. The highest BCUT2D eigenvalue weighted by Crippen LogP contribution is 2.29. The molecule has 0 aliphatic rings. The molecule has 0 fully saturated rings. The molecule has 3 rings (SSSR count). The maximum absolute atomic E-state index is 13.2. The zero-order chi connectivity index (χ0) is 34.1. The molecule has 0 saturated carbocycles. The zero-order valence-electron chi connectivity index (χ0n) is 28.6. The Morgan fingerprint density at radius 3 is 2.07 bits per heavy atom. The predicted molar refractivity (Wildman–Crippen MR) is 194 cm³/mol. The summed E-state index contributed by atoms with van der Waals surface area (Å²) in [4.78, 5) is 26.8. The lowest BCUT2D eigenvalue weighted by atomic mass is 9.94. The van der Waals surface area contributed by atoms with Crippen molar-refractivity contribution < 1.29 is 14.0 Å². The van der Waals surface area contributed by atoms with Crippen molar-refractivity contribution in [1.82, 2.24) is 15.6 Å². The van der Waals surface area contributed by atoms with Crippen LogP contribution in [0, 0.1) is 32.5 Å². The van der Waals surface area contributed by atoms with Crippen LogP contribution in [0.4, 0.5) is 10.1 Å². The number of aromatic nitrogens is 1. The maximum Gasteiger partial charge on any atom is 0.224 e. The van der Waals surface area contributed by atoms with Crippen LogP contribution in [0.1, 0.15) is 107 Å². The van der Waals surface area contributed by atoms with Crippen molar-refractivity contribution in [3.63, 3.8) is 0 Å². The van der Waals surface area contributed by atoms with Crippen molar-refractivity contribution in [2.45, 2.75) is 94.5 Å². The van der Waals surface area contributed by atoms with E-state index in [-0.39, 0.29) is 19.2 Å². The Kier molecular flexibility index (Phi) is 28.0. The number of carbonyl (C=O) groups excluding carboxylic acids is 2. The van der Waals surface area contributed by atoms with Gasteiger partial charge in [-0.3, -0.25) is 14.6 Å². The molecule has 1 atom stereocenters. The molecule has 0 bridgehead atoms. The fraction of sp³-hybridized carbons (Fsp3) is 0.447. The van der Waals surface area contributed by atoms with Crippen molar-refractivity contribution in [2.24, 2.45) is 0 Å². The van der Waals surface area contributed by atoms with E-state index in [1.54, 1.807) is 24.3 Å². The summed E-state index contributed by atoms with van der Waals surface area (Å²) in [5, 5.41) is 9.33. The Morgan fingerprint density at radius 2 is 1.58 bits per heavy atom. The summed E-state index contributed by atoms with van der Waals surface area (Å²) in [6.07, 6.45) is 12.0. The number of aldehydes is 1. The van der Waals surface area contributed by atoms with Crippen LogP contribution in [0.25, 0.3) is 11.3 Å². The van der Waals surface area contributed by atoms with Crippen LogP contribution < -0.4 is 16.0 Å². The second kappa shape index (κ2) is 27.7. The first kappa shape index (κ1) is 45.6. The highest BCUT2D eigenvalue weighted by molar-refractivity contribution is 5.92. The Morgan fingerprint density at radius 1 is 0.978 bits per heavy atom. The van der Waals surface area contributed by atoms with E-state index in [0.717, 1.165) is 65.9 Å². The molecule has 0 spiro atoms. The van der Waals surface area contributed by atoms with E-state index in [1.807, 2.05) is 61.7 Å². The lowest BCUT2D eigenvalue weighted by Crippen LogP contribution is -2.18. The van der Waals surface area contributed by atoms with E-state index in [4.69, 9.17) is 4.98 Å². The third-order valence-corrected chi connectivity index (χ3v) is 6.40. The number of rotatable bonds is 11. The Balaban J connectivity index is -0.000000697. The highest BCUT2D eigenvalue weighted by atomic mass is 19.1. The Labute approximate surface area is 274 Å². The molecule has 3 aromatic rings. The van der Waals surface area contributed by atoms with Gasteiger partial charge in [-0.25, -0.2) is 4.39 Å². The van der Waals surface area contributed by atoms with E-state index in [0.29, 0.717) is 18.0 Å². The first-order valence-corrected chi connectivity index (χ1v) is 15.5. The maximum atomic E-state index is 13.2. The number of terminal acetylenes is 1. The van der Waals surface area contributed by atoms with Crippen molar-refractivity contribution in [2.75, 3.05) is 26.0 Å². The molecule has 1 unspecified atom stereocenters. The van der Waals surface area contributed by atoms with Crippen LogP contribution in [0.15, 0.2) is 48.5 Å². The first-order valence-electron chi connectivity index (χ1n) is 15.5. The monoisotopic (exact) mass is 622 g/mol. The molecule has 250 valence electrons. The fourth-order valence-corrected chi connectivity index (χ4v) is 4.18. The van der Waals surface area contributed by atoms with Gasteiger partial charge in [0.1, 0.15) is 12.1 Å². The lowest BCUT2D eigenvalue weighted by molar-refractivity contribution is -0.116. The molecular weight excluding hydrogens is 563 g/mol. The average molecular weight is 623 g/mol. The highest BCUT2D eigenvalue weighted by Gasteiger charge is 2.16. The molecule has 0 aliphatic heterocycles. The number of hydrogen-bond acceptors (Lipinski definition) is 5. The number of amides is 1. The topological polar surface area (TPSA) is 83.1 Å². The van der Waals surface area contributed by atoms with Crippen molar-refractivity contribution in [3.8, 4) is 24.1 Å². The first-order chi connectivity index (χ1) is 21.3. The quantitative estimate of drug-likeness (QED) is 0.147. The normalized spacial score (nSPS) is 9.89. The molecule has 0 saturated heterocycles. The molecule has 3 N–H and O–H groups in total. The minimum atomic E-state index is -0.223. The zero-order valence-corrected chi connectivity index (χ0v) is 28.6. The molecule has 45 heavy (non-hydrogen) atoms. The largest absolute Gasteiger partial charge is 0.326 e. The molecule has 6 nitrogen and oxygen atoms in total.